The highest BCUT2D eigenvalue weighted by molar-refractivity contribution is 7.17. The molecule has 3 heterocycles. The summed E-state index contributed by atoms with van der Waals surface area (Å²) in [6.07, 6.45) is 7.22. The molecule has 1 aliphatic carbocycles. The second-order valence-corrected chi connectivity index (χ2v) is 9.10. The minimum Gasteiger partial charge on any atom is -0.378 e. The van der Waals surface area contributed by atoms with E-state index in [1.807, 2.05) is 4.90 Å². The van der Waals surface area contributed by atoms with Crippen LogP contribution in [0.25, 0.3) is 0 Å². The molecular weight excluding hydrogens is 376 g/mol. The van der Waals surface area contributed by atoms with E-state index in [0.29, 0.717) is 36.9 Å². The molecule has 0 radical (unpaired) electrons. The summed E-state index contributed by atoms with van der Waals surface area (Å²) < 4.78 is 5.38. The van der Waals surface area contributed by atoms with Gasteiger partial charge in [0.15, 0.2) is 0 Å². The smallest absolute Gasteiger partial charge is 0.276 e. The van der Waals surface area contributed by atoms with E-state index in [1.54, 1.807) is 0 Å². The second-order valence-electron chi connectivity index (χ2n) is 8.00. The number of morpholine rings is 1. The largest absolute Gasteiger partial charge is 0.378 e. The van der Waals surface area contributed by atoms with Crippen molar-refractivity contribution in [2.75, 3.05) is 31.6 Å². The molecule has 0 bridgehead atoms. The van der Waals surface area contributed by atoms with Gasteiger partial charge in [-0.3, -0.25) is 14.6 Å². The summed E-state index contributed by atoms with van der Waals surface area (Å²) in [4.78, 5) is 37.0. The minimum atomic E-state index is -0.345. The van der Waals surface area contributed by atoms with Gasteiger partial charge in [0.25, 0.3) is 11.8 Å². The van der Waals surface area contributed by atoms with Crippen molar-refractivity contribution in [2.24, 2.45) is 5.41 Å². The number of ether oxygens (including phenoxy) is 1. The fourth-order valence-electron chi connectivity index (χ4n) is 3.73. The monoisotopic (exact) mass is 400 g/mol. The first-order valence-electron chi connectivity index (χ1n) is 9.53. The molecule has 28 heavy (non-hydrogen) atoms. The van der Waals surface area contributed by atoms with E-state index in [0.717, 1.165) is 24.8 Å². The van der Waals surface area contributed by atoms with Crippen LogP contribution in [0.1, 0.15) is 51.6 Å². The fourth-order valence-corrected chi connectivity index (χ4v) is 5.22. The number of hydrogen-bond donors (Lipinski definition) is 1. The highest BCUT2D eigenvalue weighted by Crippen LogP contribution is 2.44. The Morgan fingerprint density at radius 2 is 2.04 bits per heavy atom. The first kappa shape index (κ1) is 19.0. The zero-order valence-corrected chi connectivity index (χ0v) is 17.0. The highest BCUT2D eigenvalue weighted by atomic mass is 32.1. The van der Waals surface area contributed by atoms with Crippen molar-refractivity contribution in [3.8, 4) is 0 Å². The fraction of sp³-hybridized carbons (Fsp3) is 0.500. The standard InChI is InChI=1S/C20H24N4O3S/c1-20(2)4-3-13-15(11-20)28-18(23-17(25)14-12-21-5-6-22-14)16(13)19(26)24-7-9-27-10-8-24/h5-6,12H,3-4,7-11H2,1-2H3,(H,23,25). The van der Waals surface area contributed by atoms with Gasteiger partial charge in [-0.05, 0) is 30.2 Å². The van der Waals surface area contributed by atoms with Crippen molar-refractivity contribution in [3.05, 3.63) is 40.3 Å². The van der Waals surface area contributed by atoms with Crippen LogP contribution in [0, 0.1) is 5.41 Å². The first-order valence-corrected chi connectivity index (χ1v) is 10.4. The average Bonchev–Trinajstić information content (AvgIpc) is 3.04. The zero-order chi connectivity index (χ0) is 19.7. The number of aromatic nitrogens is 2. The van der Waals surface area contributed by atoms with Crippen LogP contribution >= 0.6 is 11.3 Å². The van der Waals surface area contributed by atoms with Gasteiger partial charge >= 0.3 is 0 Å². The van der Waals surface area contributed by atoms with E-state index < -0.39 is 0 Å². The Hall–Kier alpha value is -2.32. The van der Waals surface area contributed by atoms with Crippen LogP contribution in [0.4, 0.5) is 5.00 Å². The Morgan fingerprint density at radius 1 is 1.25 bits per heavy atom. The Bertz CT molecular complexity index is 888. The Labute approximate surface area is 168 Å². The highest BCUT2D eigenvalue weighted by Gasteiger charge is 2.34. The van der Waals surface area contributed by atoms with Gasteiger partial charge < -0.3 is 15.0 Å². The SMILES string of the molecule is CC1(C)CCc2c(sc(NC(=O)c3cnccn3)c2C(=O)N2CCOCC2)C1. The third kappa shape index (κ3) is 3.79. The molecule has 1 fully saturated rings. The normalized spacial score (nSPS) is 18.4. The van der Waals surface area contributed by atoms with E-state index in [1.165, 1.54) is 34.8 Å². The number of rotatable bonds is 3. The molecule has 1 aliphatic heterocycles. The number of nitrogens with zero attached hydrogens (tertiary/aromatic N) is 3. The quantitative estimate of drug-likeness (QED) is 0.856. The van der Waals surface area contributed by atoms with Crippen LogP contribution in [0.5, 0.6) is 0 Å². The summed E-state index contributed by atoms with van der Waals surface area (Å²) in [6, 6.07) is 0. The summed E-state index contributed by atoms with van der Waals surface area (Å²) in [5, 5.41) is 3.55. The number of nitrogens with one attached hydrogen (secondary N) is 1. The molecule has 0 spiro atoms. The van der Waals surface area contributed by atoms with Gasteiger partial charge in [0.1, 0.15) is 10.7 Å². The third-order valence-corrected chi connectivity index (χ3v) is 6.46. The lowest BCUT2D eigenvalue weighted by molar-refractivity contribution is 0.0303. The van der Waals surface area contributed by atoms with Crippen LogP contribution in [0.15, 0.2) is 18.6 Å². The maximum Gasteiger partial charge on any atom is 0.276 e. The van der Waals surface area contributed by atoms with Crippen LogP contribution in [-0.4, -0.2) is 53.0 Å². The van der Waals surface area contributed by atoms with Crippen molar-refractivity contribution in [3.63, 3.8) is 0 Å². The van der Waals surface area contributed by atoms with E-state index in [9.17, 15) is 9.59 Å². The first-order chi connectivity index (χ1) is 13.4. The van der Waals surface area contributed by atoms with Crippen LogP contribution in [0.2, 0.25) is 0 Å². The van der Waals surface area contributed by atoms with Crippen molar-refractivity contribution in [1.29, 1.82) is 0 Å². The molecular formula is C20H24N4O3S. The summed E-state index contributed by atoms with van der Waals surface area (Å²) in [7, 11) is 0. The van der Waals surface area contributed by atoms with Crippen LogP contribution < -0.4 is 5.32 Å². The number of amides is 2. The maximum absolute atomic E-state index is 13.3. The molecule has 1 N–H and O–H groups in total. The van der Waals surface area contributed by atoms with E-state index in [2.05, 4.69) is 29.1 Å². The summed E-state index contributed by atoms with van der Waals surface area (Å²) in [5.41, 5.74) is 2.17. The van der Waals surface area contributed by atoms with Gasteiger partial charge in [-0.25, -0.2) is 4.98 Å². The molecule has 7 nitrogen and oxygen atoms in total. The van der Waals surface area contributed by atoms with Crippen molar-refractivity contribution in [1.82, 2.24) is 14.9 Å². The van der Waals surface area contributed by atoms with Gasteiger partial charge in [-0.15, -0.1) is 11.3 Å². The lowest BCUT2D eigenvalue weighted by Crippen LogP contribution is -2.41. The predicted octanol–water partition coefficient (Wildman–Crippen LogP) is 2.78. The maximum atomic E-state index is 13.3. The molecule has 0 aromatic carbocycles. The molecule has 2 aliphatic rings. The van der Waals surface area contributed by atoms with Crippen LogP contribution in [-0.2, 0) is 17.6 Å². The van der Waals surface area contributed by atoms with Gasteiger partial charge in [0, 0.05) is 30.4 Å². The summed E-state index contributed by atoms with van der Waals surface area (Å²) in [5.74, 6) is -0.364. The molecule has 2 aromatic heterocycles. The molecule has 0 unspecified atom stereocenters. The zero-order valence-electron chi connectivity index (χ0n) is 16.2. The van der Waals surface area contributed by atoms with Gasteiger partial charge in [-0.1, -0.05) is 13.8 Å². The lowest BCUT2D eigenvalue weighted by Gasteiger charge is -2.31. The average molecular weight is 401 g/mol. The number of anilines is 1. The molecule has 1 saturated heterocycles. The number of fused-ring (bicyclic) bond motifs is 1. The number of carbonyl (C=O) groups is 2. The van der Waals surface area contributed by atoms with Crippen molar-refractivity contribution >= 4 is 28.2 Å². The molecule has 2 aromatic rings. The topological polar surface area (TPSA) is 84.4 Å². The lowest BCUT2D eigenvalue weighted by atomic mass is 9.77. The van der Waals surface area contributed by atoms with Crippen molar-refractivity contribution < 1.29 is 14.3 Å². The van der Waals surface area contributed by atoms with Gasteiger partial charge in [0.05, 0.1) is 25.0 Å². The molecule has 0 atom stereocenters. The van der Waals surface area contributed by atoms with Gasteiger partial charge in [-0.2, -0.15) is 0 Å². The number of carbonyl (C=O) groups excluding carboxylic acids is 2. The summed E-state index contributed by atoms with van der Waals surface area (Å²) in [6.45, 7) is 6.74. The van der Waals surface area contributed by atoms with E-state index in [4.69, 9.17) is 4.74 Å². The molecule has 0 saturated carbocycles. The van der Waals surface area contributed by atoms with E-state index >= 15 is 0 Å². The molecule has 148 valence electrons. The molecule has 2 amide bonds. The number of thiophene rings is 1. The van der Waals surface area contributed by atoms with Gasteiger partial charge in [0.2, 0.25) is 0 Å². The predicted molar refractivity (Wildman–Crippen MR) is 107 cm³/mol. The molecule has 8 heteroatoms. The Morgan fingerprint density at radius 3 is 2.75 bits per heavy atom. The van der Waals surface area contributed by atoms with E-state index in [-0.39, 0.29) is 22.9 Å². The van der Waals surface area contributed by atoms with Crippen LogP contribution in [0.3, 0.4) is 0 Å². The Kier molecular flexibility index (Phi) is 5.16. The Balaban J connectivity index is 1.69. The molecule has 4 rings (SSSR count). The second kappa shape index (κ2) is 7.60. The minimum absolute atomic E-state index is 0.0186. The third-order valence-electron chi connectivity index (χ3n) is 5.32. The number of hydrogen-bond acceptors (Lipinski definition) is 6. The van der Waals surface area contributed by atoms with Crippen molar-refractivity contribution in [2.45, 2.75) is 33.1 Å². The summed E-state index contributed by atoms with van der Waals surface area (Å²) >= 11 is 1.52.